The van der Waals surface area contributed by atoms with Gasteiger partial charge in [-0.15, -0.1) is 0 Å². The molecule has 8 heteroatoms. The number of aromatic nitrogens is 2. The highest BCUT2D eigenvalue weighted by Gasteiger charge is 2.46. The van der Waals surface area contributed by atoms with E-state index in [0.29, 0.717) is 41.4 Å². The van der Waals surface area contributed by atoms with Crippen molar-refractivity contribution in [1.82, 2.24) is 19.8 Å². The number of likely N-dealkylation sites (tertiary alicyclic amines) is 1. The van der Waals surface area contributed by atoms with E-state index in [4.69, 9.17) is 4.74 Å². The molecule has 1 saturated heterocycles. The fourth-order valence-electron chi connectivity index (χ4n) is 3.79. The SMILES string of the molecule is COc1cccc([C@H]2C(=C(O)c3cnc(C)nc3C)C(=O)C(=O)N2CCCN(C)C)c1. The third-order valence-electron chi connectivity index (χ3n) is 5.31. The van der Waals surface area contributed by atoms with Gasteiger partial charge in [0, 0.05) is 12.7 Å². The molecule has 2 aromatic rings. The predicted octanol–water partition coefficient (Wildman–Crippen LogP) is 2.48. The highest BCUT2D eigenvalue weighted by Crippen LogP contribution is 2.40. The van der Waals surface area contributed by atoms with E-state index in [-0.39, 0.29) is 11.3 Å². The fraction of sp³-hybridized carbons (Fsp3) is 0.391. The van der Waals surface area contributed by atoms with Crippen LogP contribution in [0.25, 0.3) is 5.76 Å². The number of ether oxygens (including phenoxy) is 1. The first-order valence-electron chi connectivity index (χ1n) is 10.1. The first-order chi connectivity index (χ1) is 14.7. The number of amides is 1. The van der Waals surface area contributed by atoms with Gasteiger partial charge in [-0.3, -0.25) is 9.59 Å². The van der Waals surface area contributed by atoms with Crippen LogP contribution in [0, 0.1) is 13.8 Å². The van der Waals surface area contributed by atoms with E-state index < -0.39 is 17.7 Å². The minimum Gasteiger partial charge on any atom is -0.507 e. The van der Waals surface area contributed by atoms with Crippen LogP contribution in [0.1, 0.15) is 35.1 Å². The fourth-order valence-corrected chi connectivity index (χ4v) is 3.79. The Morgan fingerprint density at radius 1 is 1.26 bits per heavy atom. The Hall–Kier alpha value is -3.26. The molecule has 1 N–H and O–H groups in total. The summed E-state index contributed by atoms with van der Waals surface area (Å²) in [5, 5.41) is 11.1. The van der Waals surface area contributed by atoms with Gasteiger partial charge in [0.05, 0.1) is 30.0 Å². The van der Waals surface area contributed by atoms with Gasteiger partial charge in [-0.1, -0.05) is 12.1 Å². The van der Waals surface area contributed by atoms with Crippen LogP contribution in [0.3, 0.4) is 0 Å². The molecule has 1 fully saturated rings. The van der Waals surface area contributed by atoms with E-state index in [1.54, 1.807) is 39.2 Å². The number of rotatable bonds is 7. The van der Waals surface area contributed by atoms with Gasteiger partial charge in [0.1, 0.15) is 17.3 Å². The van der Waals surface area contributed by atoms with E-state index in [1.807, 2.05) is 25.1 Å². The van der Waals surface area contributed by atoms with Crippen molar-refractivity contribution in [3.05, 3.63) is 58.7 Å². The molecule has 2 heterocycles. The number of Topliss-reactive ketones (excluding diaryl/α,β-unsaturated/α-hetero) is 1. The number of aliphatic hydroxyl groups is 1. The van der Waals surface area contributed by atoms with E-state index >= 15 is 0 Å². The number of aryl methyl sites for hydroxylation is 2. The Morgan fingerprint density at radius 3 is 2.65 bits per heavy atom. The maximum absolute atomic E-state index is 13.1. The van der Waals surface area contributed by atoms with Crippen LogP contribution >= 0.6 is 0 Å². The zero-order chi connectivity index (χ0) is 22.7. The number of ketones is 1. The van der Waals surface area contributed by atoms with Crippen LogP contribution in [0.2, 0.25) is 0 Å². The number of benzene rings is 1. The minimum absolute atomic E-state index is 0.0404. The molecule has 0 radical (unpaired) electrons. The number of carbonyl (C=O) groups excluding carboxylic acids is 2. The molecule has 1 aliphatic rings. The Kier molecular flexibility index (Phi) is 6.70. The first kappa shape index (κ1) is 22.4. The highest BCUT2D eigenvalue weighted by atomic mass is 16.5. The van der Waals surface area contributed by atoms with Crippen molar-refractivity contribution in [3.63, 3.8) is 0 Å². The van der Waals surface area contributed by atoms with Gasteiger partial charge in [0.15, 0.2) is 0 Å². The minimum atomic E-state index is -0.724. The summed E-state index contributed by atoms with van der Waals surface area (Å²) in [6.07, 6.45) is 2.17. The largest absolute Gasteiger partial charge is 0.507 e. The van der Waals surface area contributed by atoms with Crippen molar-refractivity contribution in [2.45, 2.75) is 26.3 Å². The van der Waals surface area contributed by atoms with Crippen molar-refractivity contribution >= 4 is 17.4 Å². The molecule has 31 heavy (non-hydrogen) atoms. The summed E-state index contributed by atoms with van der Waals surface area (Å²) in [5.41, 5.74) is 1.60. The lowest BCUT2D eigenvalue weighted by molar-refractivity contribution is -0.139. The van der Waals surface area contributed by atoms with Gasteiger partial charge >= 0.3 is 0 Å². The third kappa shape index (κ3) is 4.59. The second kappa shape index (κ2) is 9.26. The zero-order valence-corrected chi connectivity index (χ0v) is 18.5. The van der Waals surface area contributed by atoms with Crippen LogP contribution in [0.5, 0.6) is 5.75 Å². The van der Waals surface area contributed by atoms with Gasteiger partial charge in [0.2, 0.25) is 0 Å². The molecule has 0 spiro atoms. The molecule has 1 atom stereocenters. The lowest BCUT2D eigenvalue weighted by Crippen LogP contribution is -2.32. The molecule has 8 nitrogen and oxygen atoms in total. The van der Waals surface area contributed by atoms with E-state index in [0.717, 1.165) is 6.54 Å². The van der Waals surface area contributed by atoms with Crippen molar-refractivity contribution in [2.75, 3.05) is 34.3 Å². The normalized spacial score (nSPS) is 18.1. The second-order valence-corrected chi connectivity index (χ2v) is 7.84. The first-order valence-corrected chi connectivity index (χ1v) is 10.1. The predicted molar refractivity (Wildman–Crippen MR) is 117 cm³/mol. The summed E-state index contributed by atoms with van der Waals surface area (Å²) in [6.45, 7) is 4.62. The Bertz CT molecular complexity index is 1030. The molecule has 1 amide bonds. The van der Waals surface area contributed by atoms with Crippen molar-refractivity contribution in [2.24, 2.45) is 0 Å². The van der Waals surface area contributed by atoms with Crippen molar-refractivity contribution in [3.8, 4) is 5.75 Å². The molecule has 1 aromatic carbocycles. The molecule has 0 bridgehead atoms. The van der Waals surface area contributed by atoms with Crippen LogP contribution < -0.4 is 4.74 Å². The van der Waals surface area contributed by atoms with Gasteiger partial charge in [-0.2, -0.15) is 0 Å². The third-order valence-corrected chi connectivity index (χ3v) is 5.31. The van der Waals surface area contributed by atoms with Crippen molar-refractivity contribution in [1.29, 1.82) is 0 Å². The average Bonchev–Trinajstić information content (AvgIpc) is 2.98. The average molecular weight is 425 g/mol. The lowest BCUT2D eigenvalue weighted by Gasteiger charge is -2.26. The summed E-state index contributed by atoms with van der Waals surface area (Å²) in [7, 11) is 5.46. The lowest BCUT2D eigenvalue weighted by atomic mass is 9.95. The van der Waals surface area contributed by atoms with Crippen molar-refractivity contribution < 1.29 is 19.4 Å². The van der Waals surface area contributed by atoms with Gasteiger partial charge < -0.3 is 19.6 Å². The molecular weight excluding hydrogens is 396 g/mol. The quantitative estimate of drug-likeness (QED) is 0.414. The molecule has 0 saturated carbocycles. The van der Waals surface area contributed by atoms with E-state index in [2.05, 4.69) is 9.97 Å². The van der Waals surface area contributed by atoms with Crippen LogP contribution in [0.15, 0.2) is 36.0 Å². The Balaban J connectivity index is 2.14. The summed E-state index contributed by atoms with van der Waals surface area (Å²) >= 11 is 0. The summed E-state index contributed by atoms with van der Waals surface area (Å²) in [4.78, 5) is 38.0. The Labute approximate surface area is 182 Å². The second-order valence-electron chi connectivity index (χ2n) is 7.84. The topological polar surface area (TPSA) is 95.9 Å². The molecule has 0 unspecified atom stereocenters. The zero-order valence-electron chi connectivity index (χ0n) is 18.5. The van der Waals surface area contributed by atoms with Crippen LogP contribution in [0.4, 0.5) is 0 Å². The van der Waals surface area contributed by atoms with E-state index in [9.17, 15) is 14.7 Å². The highest BCUT2D eigenvalue weighted by molar-refractivity contribution is 6.46. The number of nitrogens with zero attached hydrogens (tertiary/aromatic N) is 4. The molecule has 164 valence electrons. The van der Waals surface area contributed by atoms with Gasteiger partial charge in [-0.25, -0.2) is 9.97 Å². The van der Waals surface area contributed by atoms with Crippen LogP contribution in [-0.2, 0) is 9.59 Å². The molecule has 3 rings (SSSR count). The maximum atomic E-state index is 13.1. The molecule has 1 aromatic heterocycles. The molecular formula is C23H28N4O4. The molecule has 0 aliphatic carbocycles. The number of carbonyl (C=O) groups is 2. The number of hydrogen-bond acceptors (Lipinski definition) is 7. The van der Waals surface area contributed by atoms with Gasteiger partial charge in [-0.05, 0) is 58.6 Å². The standard InChI is InChI=1S/C23H28N4O4/c1-14-18(13-24-15(2)25-14)21(28)19-20(16-8-6-9-17(12-16)31-5)27(23(30)22(19)29)11-7-10-26(3)4/h6,8-9,12-13,20,28H,7,10-11H2,1-5H3/t20-/m0/s1. The smallest absolute Gasteiger partial charge is 0.295 e. The van der Waals surface area contributed by atoms with E-state index in [1.165, 1.54) is 11.1 Å². The number of aliphatic hydroxyl groups excluding tert-OH is 1. The summed E-state index contributed by atoms with van der Waals surface area (Å²) < 4.78 is 5.33. The molecule has 1 aliphatic heterocycles. The monoisotopic (exact) mass is 424 g/mol. The van der Waals surface area contributed by atoms with Gasteiger partial charge in [0.25, 0.3) is 11.7 Å². The Morgan fingerprint density at radius 2 is 2.00 bits per heavy atom. The number of hydrogen-bond donors (Lipinski definition) is 1. The maximum Gasteiger partial charge on any atom is 0.295 e. The number of methoxy groups -OCH3 is 1. The van der Waals surface area contributed by atoms with Crippen LogP contribution in [-0.4, -0.2) is 70.9 Å². The summed E-state index contributed by atoms with van der Waals surface area (Å²) in [5.74, 6) is -0.443. The summed E-state index contributed by atoms with van der Waals surface area (Å²) in [6, 6.07) is 6.47.